The van der Waals surface area contributed by atoms with Gasteiger partial charge in [0.15, 0.2) is 5.65 Å². The summed E-state index contributed by atoms with van der Waals surface area (Å²) in [6.45, 7) is 9.58. The second-order valence-corrected chi connectivity index (χ2v) is 8.88. The number of likely N-dealkylation sites (tertiary alicyclic amines) is 2. The molecule has 0 amide bonds. The summed E-state index contributed by atoms with van der Waals surface area (Å²) in [6, 6.07) is 0.558. The fourth-order valence-corrected chi connectivity index (χ4v) is 5.05. The van der Waals surface area contributed by atoms with E-state index in [2.05, 4.69) is 36.2 Å². The van der Waals surface area contributed by atoms with Gasteiger partial charge >= 0.3 is 0 Å². The molecular formula is C20H29ClFN7O. The smallest absolute Gasteiger partial charge is 0.224 e. The number of fused-ring (bicyclic) bond motifs is 1. The van der Waals surface area contributed by atoms with Crippen LogP contribution in [0.3, 0.4) is 0 Å². The zero-order chi connectivity index (χ0) is 20.7. The van der Waals surface area contributed by atoms with Gasteiger partial charge in [-0.2, -0.15) is 4.98 Å². The summed E-state index contributed by atoms with van der Waals surface area (Å²) in [5, 5.41) is 0.235. The molecule has 3 fully saturated rings. The van der Waals surface area contributed by atoms with E-state index >= 15 is 0 Å². The molecule has 3 saturated heterocycles. The maximum Gasteiger partial charge on any atom is 0.224 e. The number of halogens is 2. The number of aromatic nitrogens is 4. The molecule has 0 N–H and O–H groups in total. The number of alkyl halides is 1. The van der Waals surface area contributed by atoms with Gasteiger partial charge in [-0.05, 0) is 31.4 Å². The zero-order valence-corrected chi connectivity index (χ0v) is 18.1. The highest BCUT2D eigenvalue weighted by Crippen LogP contribution is 2.27. The van der Waals surface area contributed by atoms with E-state index in [1.165, 1.54) is 0 Å². The Labute approximate surface area is 181 Å². The first-order valence-corrected chi connectivity index (χ1v) is 11.3. The molecule has 0 radical (unpaired) electrons. The number of hydrogen-bond donors (Lipinski definition) is 0. The van der Waals surface area contributed by atoms with Crippen molar-refractivity contribution in [3.05, 3.63) is 17.3 Å². The summed E-state index contributed by atoms with van der Waals surface area (Å²) in [6.07, 6.45) is 3.24. The topological polar surface area (TPSA) is 62.6 Å². The van der Waals surface area contributed by atoms with Gasteiger partial charge in [-0.1, -0.05) is 0 Å². The van der Waals surface area contributed by atoms with Crippen molar-refractivity contribution in [3.8, 4) is 0 Å². The SMILES string of the molecule is CCn1c(C2CN(CN3CCC(N4CC(F)C4)CC3)CCO2)nc2cnc(Cl)nc21. The molecule has 3 aliphatic rings. The van der Waals surface area contributed by atoms with Gasteiger partial charge in [0, 0.05) is 51.9 Å². The van der Waals surface area contributed by atoms with E-state index in [-0.39, 0.29) is 11.4 Å². The minimum Gasteiger partial charge on any atom is -0.368 e. The highest BCUT2D eigenvalue weighted by Gasteiger charge is 2.35. The Bertz CT molecular complexity index is 881. The molecule has 3 aliphatic heterocycles. The van der Waals surface area contributed by atoms with Crippen molar-refractivity contribution in [2.45, 2.75) is 44.6 Å². The maximum absolute atomic E-state index is 13.1. The molecule has 10 heteroatoms. The average Bonchev–Trinajstić information content (AvgIpc) is 3.10. The number of imidazole rings is 1. The van der Waals surface area contributed by atoms with E-state index < -0.39 is 6.17 Å². The Kier molecular flexibility index (Phi) is 5.90. The Morgan fingerprint density at radius 2 is 1.93 bits per heavy atom. The highest BCUT2D eigenvalue weighted by molar-refractivity contribution is 6.28. The van der Waals surface area contributed by atoms with Crippen LogP contribution in [0.1, 0.15) is 31.7 Å². The lowest BCUT2D eigenvalue weighted by Gasteiger charge is -2.45. The number of rotatable bonds is 5. The van der Waals surface area contributed by atoms with Crippen LogP contribution in [0.2, 0.25) is 5.28 Å². The molecule has 2 aromatic rings. The molecule has 0 aromatic carbocycles. The van der Waals surface area contributed by atoms with Crippen LogP contribution in [0, 0.1) is 0 Å². The lowest BCUT2D eigenvalue weighted by Crippen LogP contribution is -2.57. The van der Waals surface area contributed by atoms with Crippen LogP contribution in [0.25, 0.3) is 11.2 Å². The Morgan fingerprint density at radius 1 is 1.13 bits per heavy atom. The molecular weight excluding hydrogens is 409 g/mol. The Morgan fingerprint density at radius 3 is 2.67 bits per heavy atom. The number of ether oxygens (including phenoxy) is 1. The van der Waals surface area contributed by atoms with Crippen LogP contribution in [0.5, 0.6) is 0 Å². The summed E-state index contributed by atoms with van der Waals surface area (Å²) in [7, 11) is 0. The molecule has 8 nitrogen and oxygen atoms in total. The molecule has 5 rings (SSSR count). The number of aryl methyl sites for hydroxylation is 1. The van der Waals surface area contributed by atoms with Crippen molar-refractivity contribution in [1.82, 2.24) is 34.2 Å². The number of hydrogen-bond acceptors (Lipinski definition) is 7. The predicted octanol–water partition coefficient (Wildman–Crippen LogP) is 1.95. The van der Waals surface area contributed by atoms with Gasteiger partial charge < -0.3 is 9.30 Å². The number of morpholine rings is 1. The minimum absolute atomic E-state index is 0.0909. The molecule has 2 aromatic heterocycles. The molecule has 164 valence electrons. The number of nitrogens with zero attached hydrogens (tertiary/aromatic N) is 7. The van der Waals surface area contributed by atoms with Crippen molar-refractivity contribution in [1.29, 1.82) is 0 Å². The summed E-state index contributed by atoms with van der Waals surface area (Å²) >= 11 is 5.99. The third-order valence-corrected chi connectivity index (χ3v) is 6.76. The van der Waals surface area contributed by atoms with Crippen LogP contribution >= 0.6 is 11.6 Å². The minimum atomic E-state index is -0.609. The monoisotopic (exact) mass is 437 g/mol. The third-order valence-electron chi connectivity index (χ3n) is 6.58. The molecule has 0 spiro atoms. The Balaban J connectivity index is 1.21. The first-order valence-electron chi connectivity index (χ1n) is 10.9. The van der Waals surface area contributed by atoms with Gasteiger partial charge in [0.25, 0.3) is 0 Å². The maximum atomic E-state index is 13.1. The lowest BCUT2D eigenvalue weighted by atomic mass is 9.99. The molecule has 1 unspecified atom stereocenters. The van der Waals surface area contributed by atoms with Gasteiger partial charge in [-0.15, -0.1) is 0 Å². The third kappa shape index (κ3) is 4.05. The van der Waals surface area contributed by atoms with Crippen molar-refractivity contribution in [2.24, 2.45) is 0 Å². The van der Waals surface area contributed by atoms with Crippen LogP contribution < -0.4 is 0 Å². The van der Waals surface area contributed by atoms with E-state index in [0.29, 0.717) is 25.7 Å². The van der Waals surface area contributed by atoms with E-state index in [1.54, 1.807) is 6.20 Å². The predicted molar refractivity (Wildman–Crippen MR) is 112 cm³/mol. The fraction of sp³-hybridized carbons (Fsp3) is 0.750. The largest absolute Gasteiger partial charge is 0.368 e. The van der Waals surface area contributed by atoms with E-state index in [1.807, 2.05) is 0 Å². The lowest BCUT2D eigenvalue weighted by molar-refractivity contribution is -0.0592. The van der Waals surface area contributed by atoms with Crippen LogP contribution in [0.4, 0.5) is 4.39 Å². The summed E-state index contributed by atoms with van der Waals surface area (Å²) < 4.78 is 21.3. The van der Waals surface area contributed by atoms with Crippen LogP contribution in [0.15, 0.2) is 6.20 Å². The van der Waals surface area contributed by atoms with Crippen molar-refractivity contribution >= 4 is 22.8 Å². The van der Waals surface area contributed by atoms with Gasteiger partial charge in [-0.25, -0.2) is 14.4 Å². The second-order valence-electron chi connectivity index (χ2n) is 8.54. The van der Waals surface area contributed by atoms with Crippen molar-refractivity contribution < 1.29 is 9.13 Å². The first-order chi connectivity index (χ1) is 14.6. The van der Waals surface area contributed by atoms with Crippen LogP contribution in [-0.4, -0.2) is 99.0 Å². The summed E-state index contributed by atoms with van der Waals surface area (Å²) in [5.41, 5.74) is 1.51. The highest BCUT2D eigenvalue weighted by atomic mass is 35.5. The fourth-order valence-electron chi connectivity index (χ4n) is 4.92. The van der Waals surface area contributed by atoms with Gasteiger partial charge in [0.1, 0.15) is 23.6 Å². The second kappa shape index (κ2) is 8.63. The summed E-state index contributed by atoms with van der Waals surface area (Å²) in [5.74, 6) is 0.894. The first kappa shape index (κ1) is 20.5. The summed E-state index contributed by atoms with van der Waals surface area (Å²) in [4.78, 5) is 20.5. The van der Waals surface area contributed by atoms with E-state index in [0.717, 1.165) is 69.2 Å². The quantitative estimate of drug-likeness (QED) is 0.662. The van der Waals surface area contributed by atoms with Crippen LogP contribution in [-0.2, 0) is 11.3 Å². The molecule has 30 heavy (non-hydrogen) atoms. The van der Waals surface area contributed by atoms with E-state index in [4.69, 9.17) is 21.3 Å². The standard InChI is InChI=1S/C20H29ClFN7O/c1-2-29-18-16(9-23-20(21)25-18)24-19(29)17-12-27(7-8-30-17)13-26-5-3-15(4-6-26)28-10-14(22)11-28/h9,14-15,17H,2-8,10-13H2,1H3. The molecule has 0 bridgehead atoms. The molecule has 0 aliphatic carbocycles. The Hall–Kier alpha value is -1.39. The average molecular weight is 438 g/mol. The van der Waals surface area contributed by atoms with Gasteiger partial charge in [0.2, 0.25) is 5.28 Å². The van der Waals surface area contributed by atoms with Crippen molar-refractivity contribution in [2.75, 3.05) is 52.5 Å². The molecule has 1 atom stereocenters. The van der Waals surface area contributed by atoms with E-state index in [9.17, 15) is 4.39 Å². The van der Waals surface area contributed by atoms with Gasteiger partial charge in [-0.3, -0.25) is 14.7 Å². The van der Waals surface area contributed by atoms with Gasteiger partial charge in [0.05, 0.1) is 19.5 Å². The molecule has 0 saturated carbocycles. The normalized spacial score (nSPS) is 25.8. The molecule has 5 heterocycles. The number of piperidine rings is 1. The van der Waals surface area contributed by atoms with Crippen molar-refractivity contribution in [3.63, 3.8) is 0 Å². The zero-order valence-electron chi connectivity index (χ0n) is 17.4.